The van der Waals surface area contributed by atoms with Crippen molar-refractivity contribution in [3.63, 3.8) is 0 Å². The van der Waals surface area contributed by atoms with Crippen LogP contribution in [0.4, 0.5) is 16.2 Å². The van der Waals surface area contributed by atoms with Crippen molar-refractivity contribution >= 4 is 40.9 Å². The van der Waals surface area contributed by atoms with Crippen LogP contribution in [0.25, 0.3) is 0 Å². The second-order valence-electron chi connectivity index (χ2n) is 12.2. The molecule has 0 bridgehead atoms. The predicted molar refractivity (Wildman–Crippen MR) is 155 cm³/mol. The highest BCUT2D eigenvalue weighted by Gasteiger charge is 2.45. The molecule has 1 saturated carbocycles. The maximum Gasteiger partial charge on any atom is 0.437 e. The van der Waals surface area contributed by atoms with Crippen LogP contribution >= 0.6 is 11.6 Å². The van der Waals surface area contributed by atoms with Gasteiger partial charge < -0.3 is 20.1 Å². The largest absolute Gasteiger partial charge is 0.442 e. The van der Waals surface area contributed by atoms with E-state index in [2.05, 4.69) is 20.6 Å². The Hall–Kier alpha value is -3.17. The van der Waals surface area contributed by atoms with Gasteiger partial charge >= 0.3 is 6.09 Å². The topological polar surface area (TPSA) is 105 Å². The summed E-state index contributed by atoms with van der Waals surface area (Å²) in [6, 6.07) is 9.57. The molecule has 214 valence electrons. The second kappa shape index (κ2) is 11.0. The molecule has 10 heteroatoms. The van der Waals surface area contributed by atoms with Crippen LogP contribution in [0.2, 0.25) is 5.02 Å². The van der Waals surface area contributed by atoms with Gasteiger partial charge in [-0.15, -0.1) is 4.99 Å². The van der Waals surface area contributed by atoms with Crippen molar-refractivity contribution in [3.05, 3.63) is 52.8 Å². The van der Waals surface area contributed by atoms with Crippen LogP contribution in [-0.2, 0) is 19.8 Å². The Morgan fingerprint density at radius 1 is 1.25 bits per heavy atom. The van der Waals surface area contributed by atoms with Crippen LogP contribution in [-0.4, -0.2) is 52.2 Å². The molecule has 3 heterocycles. The SMILES string of the molecule is C[C@H]1C[C@H](N2C(=O)C[C@@](C)(c3cccc(Nc4ccc(C5CC5)nc4)c3Cl)N/C2=N\C(=O)OC(C)(C)C)CCO1. The molecule has 5 rings (SSSR count). The van der Waals surface area contributed by atoms with E-state index in [9.17, 15) is 9.59 Å². The summed E-state index contributed by atoms with van der Waals surface area (Å²) < 4.78 is 11.2. The third kappa shape index (κ3) is 6.41. The third-order valence-corrected chi connectivity index (χ3v) is 7.86. The first-order chi connectivity index (χ1) is 18.9. The third-order valence-electron chi connectivity index (χ3n) is 7.46. The molecule has 2 amide bonds. The molecule has 2 N–H and O–H groups in total. The number of rotatable bonds is 5. The van der Waals surface area contributed by atoms with E-state index in [1.54, 1.807) is 25.7 Å². The highest BCUT2D eigenvalue weighted by Crippen LogP contribution is 2.41. The molecule has 3 atom stereocenters. The first kappa shape index (κ1) is 28.4. The molecule has 1 aromatic heterocycles. The zero-order chi connectivity index (χ0) is 28.7. The van der Waals surface area contributed by atoms with Gasteiger partial charge in [0, 0.05) is 24.3 Å². The number of nitrogens with one attached hydrogen (secondary N) is 2. The van der Waals surface area contributed by atoms with Crippen LogP contribution in [0.15, 0.2) is 41.5 Å². The lowest BCUT2D eigenvalue weighted by molar-refractivity contribution is -0.134. The van der Waals surface area contributed by atoms with Crippen molar-refractivity contribution in [2.45, 2.75) is 95.9 Å². The molecular formula is C30H38ClN5O4. The van der Waals surface area contributed by atoms with Crippen LogP contribution in [0, 0.1) is 0 Å². The van der Waals surface area contributed by atoms with E-state index in [-0.39, 0.29) is 30.4 Å². The Balaban J connectivity index is 1.44. The van der Waals surface area contributed by atoms with E-state index in [0.717, 1.165) is 11.4 Å². The maximum atomic E-state index is 13.8. The lowest BCUT2D eigenvalue weighted by Gasteiger charge is -2.46. The number of aliphatic imine (C=N–C) groups is 1. The number of hydrogen-bond acceptors (Lipinski definition) is 6. The number of pyridine rings is 1. The van der Waals surface area contributed by atoms with E-state index in [1.807, 2.05) is 50.4 Å². The Bertz CT molecular complexity index is 1300. The predicted octanol–water partition coefficient (Wildman–Crippen LogP) is 6.25. The summed E-state index contributed by atoms with van der Waals surface area (Å²) in [4.78, 5) is 37.1. The number of benzene rings is 1. The number of amides is 2. The summed E-state index contributed by atoms with van der Waals surface area (Å²) in [6.45, 7) is 9.74. The highest BCUT2D eigenvalue weighted by molar-refractivity contribution is 6.34. The number of carbonyl (C=O) groups excluding carboxylic acids is 2. The minimum atomic E-state index is -0.923. The number of aromatic nitrogens is 1. The second-order valence-corrected chi connectivity index (χ2v) is 12.6. The smallest absolute Gasteiger partial charge is 0.437 e. The highest BCUT2D eigenvalue weighted by atomic mass is 35.5. The van der Waals surface area contributed by atoms with Gasteiger partial charge in [-0.05, 0) is 84.1 Å². The molecule has 0 unspecified atom stereocenters. The minimum Gasteiger partial charge on any atom is -0.442 e. The summed E-state index contributed by atoms with van der Waals surface area (Å²) >= 11 is 6.97. The zero-order valence-electron chi connectivity index (χ0n) is 23.8. The molecular weight excluding hydrogens is 530 g/mol. The fourth-order valence-corrected chi connectivity index (χ4v) is 5.75. The number of hydrogen-bond donors (Lipinski definition) is 2. The molecule has 0 radical (unpaired) electrons. The van der Waals surface area contributed by atoms with Crippen LogP contribution in [0.3, 0.4) is 0 Å². The molecule has 40 heavy (non-hydrogen) atoms. The van der Waals surface area contributed by atoms with E-state index in [4.69, 9.17) is 21.1 Å². The van der Waals surface area contributed by atoms with Gasteiger partial charge in [0.25, 0.3) is 0 Å². The normalized spacial score (nSPS) is 26.4. The van der Waals surface area contributed by atoms with E-state index < -0.39 is 17.2 Å². The molecule has 3 aliphatic rings. The Labute approximate surface area is 240 Å². The minimum absolute atomic E-state index is 0.00679. The molecule has 2 aliphatic heterocycles. The summed E-state index contributed by atoms with van der Waals surface area (Å²) in [5, 5.41) is 7.24. The molecule has 0 spiro atoms. The van der Waals surface area contributed by atoms with Crippen molar-refractivity contribution in [2.75, 3.05) is 11.9 Å². The van der Waals surface area contributed by atoms with Crippen molar-refractivity contribution in [1.29, 1.82) is 0 Å². The Morgan fingerprint density at radius 3 is 2.67 bits per heavy atom. The number of ether oxygens (including phenoxy) is 2. The van der Waals surface area contributed by atoms with Crippen molar-refractivity contribution in [3.8, 4) is 0 Å². The summed E-state index contributed by atoms with van der Waals surface area (Å²) in [7, 11) is 0. The standard InChI is InChI=1S/C30H38ClN5O4/c1-18-15-21(13-14-39-18)36-25(37)16-30(5,35-27(36)34-28(38)40-29(2,3)4)22-7-6-8-24(26(22)31)33-20-11-12-23(32-17-20)19-9-10-19/h6-8,11-12,17-19,21,33H,9-10,13-16H2,1-5H3,(H,34,35,38)/t18-,21+,30-/m0/s1. The summed E-state index contributed by atoms with van der Waals surface area (Å²) in [5.74, 6) is 0.606. The number of nitrogens with zero attached hydrogens (tertiary/aromatic N) is 3. The fraction of sp³-hybridized carbons (Fsp3) is 0.533. The number of guanidine groups is 1. The molecule has 1 aromatic carbocycles. The van der Waals surface area contributed by atoms with Gasteiger partial charge in [-0.3, -0.25) is 14.7 Å². The number of anilines is 2. The van der Waals surface area contributed by atoms with Crippen LogP contribution in [0.5, 0.6) is 0 Å². The monoisotopic (exact) mass is 567 g/mol. The first-order valence-corrected chi connectivity index (χ1v) is 14.4. The fourth-order valence-electron chi connectivity index (χ4n) is 5.37. The molecule has 3 fully saturated rings. The lowest BCUT2D eigenvalue weighted by atomic mass is 9.85. The molecule has 2 aromatic rings. The molecule has 1 aliphatic carbocycles. The maximum absolute atomic E-state index is 13.8. The average Bonchev–Trinajstić information content (AvgIpc) is 3.70. The van der Waals surface area contributed by atoms with Gasteiger partial charge in [0.15, 0.2) is 0 Å². The van der Waals surface area contributed by atoms with Crippen molar-refractivity contribution in [2.24, 2.45) is 4.99 Å². The van der Waals surface area contributed by atoms with Gasteiger partial charge in [-0.2, -0.15) is 0 Å². The quantitative estimate of drug-likeness (QED) is 0.440. The summed E-state index contributed by atoms with van der Waals surface area (Å²) in [5.41, 5.74) is 1.70. The number of halogens is 1. The Morgan fingerprint density at radius 2 is 2.02 bits per heavy atom. The van der Waals surface area contributed by atoms with Gasteiger partial charge in [0.2, 0.25) is 11.9 Å². The Kier molecular flexibility index (Phi) is 7.81. The number of carbonyl (C=O) groups is 2. The zero-order valence-corrected chi connectivity index (χ0v) is 24.5. The summed E-state index contributed by atoms with van der Waals surface area (Å²) in [6.07, 6.45) is 4.87. The van der Waals surface area contributed by atoms with E-state index >= 15 is 0 Å². The van der Waals surface area contributed by atoms with Gasteiger partial charge in [0.05, 0.1) is 40.7 Å². The van der Waals surface area contributed by atoms with Gasteiger partial charge in [0.1, 0.15) is 5.60 Å². The lowest BCUT2D eigenvalue weighted by Crippen LogP contribution is -2.63. The van der Waals surface area contributed by atoms with E-state index in [1.165, 1.54) is 12.8 Å². The van der Waals surface area contributed by atoms with Crippen LogP contribution < -0.4 is 10.6 Å². The van der Waals surface area contributed by atoms with Crippen molar-refractivity contribution < 1.29 is 19.1 Å². The molecule has 2 saturated heterocycles. The first-order valence-electron chi connectivity index (χ1n) is 14.0. The van der Waals surface area contributed by atoms with Gasteiger partial charge in [-0.25, -0.2) is 4.79 Å². The average molecular weight is 568 g/mol. The van der Waals surface area contributed by atoms with Gasteiger partial charge in [-0.1, -0.05) is 23.7 Å². The molecule has 9 nitrogen and oxygen atoms in total. The van der Waals surface area contributed by atoms with Crippen molar-refractivity contribution in [1.82, 2.24) is 15.2 Å². The van der Waals surface area contributed by atoms with E-state index in [0.29, 0.717) is 41.6 Å². The van der Waals surface area contributed by atoms with Crippen LogP contribution in [0.1, 0.15) is 83.9 Å².